The van der Waals surface area contributed by atoms with E-state index in [4.69, 9.17) is 5.73 Å². The second kappa shape index (κ2) is 5.98. The Kier molecular flexibility index (Phi) is 3.99. The molecule has 1 atom stereocenters. The van der Waals surface area contributed by atoms with E-state index < -0.39 is 5.54 Å². The van der Waals surface area contributed by atoms with Gasteiger partial charge in [0, 0.05) is 12.2 Å². The van der Waals surface area contributed by atoms with E-state index in [9.17, 15) is 9.59 Å². The van der Waals surface area contributed by atoms with Crippen molar-refractivity contribution in [2.45, 2.75) is 43.1 Å². The molecule has 26 heavy (non-hydrogen) atoms. The molecule has 1 aromatic rings. The second-order valence-corrected chi connectivity index (χ2v) is 8.40. The Labute approximate surface area is 154 Å². The van der Waals surface area contributed by atoms with Gasteiger partial charge in [0.05, 0.1) is 6.54 Å². The number of benzene rings is 1. The van der Waals surface area contributed by atoms with Crippen LogP contribution in [0.25, 0.3) is 0 Å². The largest absolute Gasteiger partial charge is 0.368 e. The SMILES string of the molecule is CN(C)CCC1(c2ccc(N3C[C@@]4(C(N)=O)CCCN4C3=O)cc2)CC1. The van der Waals surface area contributed by atoms with Crippen LogP contribution >= 0.6 is 0 Å². The highest BCUT2D eigenvalue weighted by molar-refractivity contribution is 6.02. The third-order valence-electron chi connectivity index (χ3n) is 6.51. The number of hydrogen-bond donors (Lipinski definition) is 1. The summed E-state index contributed by atoms with van der Waals surface area (Å²) in [7, 11) is 4.22. The number of amides is 3. The van der Waals surface area contributed by atoms with E-state index in [0.717, 1.165) is 18.7 Å². The minimum absolute atomic E-state index is 0.0946. The number of anilines is 1. The predicted molar refractivity (Wildman–Crippen MR) is 101 cm³/mol. The number of nitrogens with zero attached hydrogens (tertiary/aromatic N) is 3. The van der Waals surface area contributed by atoms with Gasteiger partial charge in [0.1, 0.15) is 5.54 Å². The molecule has 0 bridgehead atoms. The van der Waals surface area contributed by atoms with Gasteiger partial charge in [-0.2, -0.15) is 0 Å². The number of rotatable bonds is 6. The van der Waals surface area contributed by atoms with Gasteiger partial charge >= 0.3 is 6.03 Å². The standard InChI is InChI=1S/C20H28N4O2/c1-22(2)13-11-19(9-10-19)15-4-6-16(7-5-15)23-14-20(17(21)25)8-3-12-24(20)18(23)26/h4-7H,3,8-14H2,1-2H3,(H2,21,25)/t20-/m1/s1. The Morgan fingerprint density at radius 2 is 1.88 bits per heavy atom. The zero-order valence-electron chi connectivity index (χ0n) is 15.7. The van der Waals surface area contributed by atoms with Crippen molar-refractivity contribution in [3.63, 3.8) is 0 Å². The van der Waals surface area contributed by atoms with E-state index in [0.29, 0.717) is 24.9 Å². The van der Waals surface area contributed by atoms with Crippen LogP contribution in [0.1, 0.15) is 37.7 Å². The molecule has 2 heterocycles. The third kappa shape index (κ3) is 2.58. The maximum absolute atomic E-state index is 12.8. The van der Waals surface area contributed by atoms with Crippen LogP contribution in [0.2, 0.25) is 0 Å². The van der Waals surface area contributed by atoms with Gasteiger partial charge in [-0.1, -0.05) is 12.1 Å². The summed E-state index contributed by atoms with van der Waals surface area (Å²) in [6.45, 7) is 2.07. The lowest BCUT2D eigenvalue weighted by molar-refractivity contribution is -0.125. The van der Waals surface area contributed by atoms with Gasteiger partial charge in [-0.15, -0.1) is 0 Å². The summed E-state index contributed by atoms with van der Waals surface area (Å²) >= 11 is 0. The summed E-state index contributed by atoms with van der Waals surface area (Å²) < 4.78 is 0. The average molecular weight is 356 g/mol. The maximum atomic E-state index is 12.8. The van der Waals surface area contributed by atoms with E-state index in [2.05, 4.69) is 31.1 Å². The fraction of sp³-hybridized carbons (Fsp3) is 0.600. The summed E-state index contributed by atoms with van der Waals surface area (Å²) in [5.41, 5.74) is 7.37. The topological polar surface area (TPSA) is 69.9 Å². The summed E-state index contributed by atoms with van der Waals surface area (Å²) in [5.74, 6) is -0.386. The lowest BCUT2D eigenvalue weighted by Gasteiger charge is -2.25. The first-order valence-electron chi connectivity index (χ1n) is 9.52. The van der Waals surface area contributed by atoms with E-state index >= 15 is 0 Å². The molecule has 2 N–H and O–H groups in total. The molecule has 3 fully saturated rings. The summed E-state index contributed by atoms with van der Waals surface area (Å²) in [6, 6.07) is 8.28. The zero-order valence-corrected chi connectivity index (χ0v) is 15.7. The number of nitrogens with two attached hydrogens (primary N) is 1. The van der Waals surface area contributed by atoms with Gasteiger partial charge in [0.15, 0.2) is 0 Å². The molecule has 1 aliphatic carbocycles. The normalized spacial score (nSPS) is 26.5. The molecule has 6 nitrogen and oxygen atoms in total. The van der Waals surface area contributed by atoms with Crippen molar-refractivity contribution in [2.75, 3.05) is 38.6 Å². The fourth-order valence-electron chi connectivity index (χ4n) is 4.60. The quantitative estimate of drug-likeness (QED) is 0.847. The predicted octanol–water partition coefficient (Wildman–Crippen LogP) is 1.93. The van der Waals surface area contributed by atoms with E-state index in [-0.39, 0.29) is 11.9 Å². The zero-order chi connectivity index (χ0) is 18.5. The number of fused-ring (bicyclic) bond motifs is 1. The van der Waals surface area contributed by atoms with Crippen molar-refractivity contribution >= 4 is 17.6 Å². The molecule has 0 spiro atoms. The van der Waals surface area contributed by atoms with Crippen LogP contribution in [0.4, 0.5) is 10.5 Å². The highest BCUT2D eigenvalue weighted by atomic mass is 16.2. The van der Waals surface area contributed by atoms with Crippen molar-refractivity contribution < 1.29 is 9.59 Å². The van der Waals surface area contributed by atoms with Crippen LogP contribution < -0.4 is 10.6 Å². The molecule has 0 unspecified atom stereocenters. The van der Waals surface area contributed by atoms with Gasteiger partial charge in [-0.25, -0.2) is 4.79 Å². The summed E-state index contributed by atoms with van der Waals surface area (Å²) in [5, 5.41) is 0. The molecule has 3 aliphatic rings. The molecule has 2 saturated heterocycles. The van der Waals surface area contributed by atoms with Crippen LogP contribution in [-0.2, 0) is 10.2 Å². The third-order valence-corrected chi connectivity index (χ3v) is 6.51. The molecule has 1 saturated carbocycles. The Morgan fingerprint density at radius 1 is 1.19 bits per heavy atom. The molecule has 1 aromatic carbocycles. The molecule has 2 aliphatic heterocycles. The minimum atomic E-state index is -0.820. The Hall–Kier alpha value is -2.08. The lowest BCUT2D eigenvalue weighted by atomic mass is 9.92. The van der Waals surface area contributed by atoms with Gasteiger partial charge in [-0.05, 0) is 75.9 Å². The first kappa shape index (κ1) is 17.3. The van der Waals surface area contributed by atoms with Crippen LogP contribution in [0.15, 0.2) is 24.3 Å². The first-order valence-corrected chi connectivity index (χ1v) is 9.52. The highest BCUT2D eigenvalue weighted by Crippen LogP contribution is 2.51. The van der Waals surface area contributed by atoms with E-state index in [1.807, 2.05) is 12.1 Å². The van der Waals surface area contributed by atoms with Crippen LogP contribution in [0.3, 0.4) is 0 Å². The second-order valence-electron chi connectivity index (χ2n) is 8.40. The number of carbonyl (C=O) groups is 2. The average Bonchev–Trinajstić information content (AvgIpc) is 3.19. The van der Waals surface area contributed by atoms with Crippen molar-refractivity contribution in [2.24, 2.45) is 5.73 Å². The number of hydrogen-bond acceptors (Lipinski definition) is 3. The molecular formula is C20H28N4O2. The molecule has 140 valence electrons. The molecule has 3 amide bonds. The Bertz CT molecular complexity index is 726. The number of carbonyl (C=O) groups excluding carboxylic acids is 2. The molecular weight excluding hydrogens is 328 g/mol. The van der Waals surface area contributed by atoms with Crippen LogP contribution in [0, 0.1) is 0 Å². The number of urea groups is 1. The first-order chi connectivity index (χ1) is 12.4. The van der Waals surface area contributed by atoms with Crippen LogP contribution in [0.5, 0.6) is 0 Å². The van der Waals surface area contributed by atoms with E-state index in [1.54, 1.807) is 9.80 Å². The van der Waals surface area contributed by atoms with Gasteiger partial charge < -0.3 is 15.5 Å². The van der Waals surface area contributed by atoms with Crippen molar-refractivity contribution in [1.29, 1.82) is 0 Å². The Balaban J connectivity index is 1.53. The highest BCUT2D eigenvalue weighted by Gasteiger charge is 2.56. The van der Waals surface area contributed by atoms with Gasteiger partial charge in [0.25, 0.3) is 0 Å². The maximum Gasteiger partial charge on any atom is 0.325 e. The number of primary amides is 1. The monoisotopic (exact) mass is 356 g/mol. The van der Waals surface area contributed by atoms with Crippen molar-refractivity contribution in [3.8, 4) is 0 Å². The molecule has 4 rings (SSSR count). The van der Waals surface area contributed by atoms with Crippen molar-refractivity contribution in [3.05, 3.63) is 29.8 Å². The van der Waals surface area contributed by atoms with Gasteiger partial charge in [-0.3, -0.25) is 9.69 Å². The lowest BCUT2D eigenvalue weighted by Crippen LogP contribution is -2.52. The summed E-state index contributed by atoms with van der Waals surface area (Å²) in [6.07, 6.45) is 5.15. The van der Waals surface area contributed by atoms with Gasteiger partial charge in [0.2, 0.25) is 5.91 Å². The van der Waals surface area contributed by atoms with E-state index in [1.165, 1.54) is 24.8 Å². The molecule has 0 radical (unpaired) electrons. The molecule has 6 heteroatoms. The van der Waals surface area contributed by atoms with Crippen molar-refractivity contribution in [1.82, 2.24) is 9.80 Å². The minimum Gasteiger partial charge on any atom is -0.368 e. The smallest absolute Gasteiger partial charge is 0.325 e. The molecule has 0 aromatic heterocycles. The fourth-order valence-corrected chi connectivity index (χ4v) is 4.60. The van der Waals surface area contributed by atoms with Crippen LogP contribution in [-0.4, -0.2) is 61.0 Å². The Morgan fingerprint density at radius 3 is 2.42 bits per heavy atom. The summed E-state index contributed by atoms with van der Waals surface area (Å²) in [4.78, 5) is 30.5.